The number of hydrogen-bond donors (Lipinski definition) is 1. The second-order valence-electron chi connectivity index (χ2n) is 4.94. The van der Waals surface area contributed by atoms with Gasteiger partial charge in [0.15, 0.2) is 0 Å². The van der Waals surface area contributed by atoms with Crippen LogP contribution in [0.3, 0.4) is 0 Å². The van der Waals surface area contributed by atoms with Crippen LogP contribution in [0.5, 0.6) is 0 Å². The Morgan fingerprint density at radius 1 is 1.43 bits per heavy atom. The Bertz CT molecular complexity index is 177. The average Bonchev–Trinajstić information content (AvgIpc) is 2.02. The molecule has 3 unspecified atom stereocenters. The molecule has 3 atom stereocenters. The molecule has 0 amide bonds. The van der Waals surface area contributed by atoms with Gasteiger partial charge in [-0.3, -0.25) is 0 Å². The van der Waals surface area contributed by atoms with Crippen molar-refractivity contribution in [3.8, 4) is 0 Å². The summed E-state index contributed by atoms with van der Waals surface area (Å²) >= 11 is 0. The van der Waals surface area contributed by atoms with E-state index in [1.165, 1.54) is 12.8 Å². The molecule has 14 heavy (non-hydrogen) atoms. The molecule has 0 saturated heterocycles. The molecule has 0 aromatic rings. The zero-order chi connectivity index (χ0) is 10.8. The van der Waals surface area contributed by atoms with Crippen LogP contribution >= 0.6 is 0 Å². The monoisotopic (exact) mass is 205 g/mol. The van der Waals surface area contributed by atoms with Crippen LogP contribution in [0.25, 0.3) is 0 Å². The molecule has 1 nitrogen and oxygen atoms in total. The highest BCUT2D eigenvalue weighted by Crippen LogP contribution is 2.33. The topological polar surface area (TPSA) is 26.0 Å². The predicted molar refractivity (Wildman–Crippen MR) is 54.3 cm³/mol. The van der Waals surface area contributed by atoms with Crippen molar-refractivity contribution in [1.82, 2.24) is 0 Å². The van der Waals surface area contributed by atoms with Crippen LogP contribution in [0.4, 0.5) is 8.78 Å². The maximum absolute atomic E-state index is 12.8. The number of nitrogens with two attached hydrogens (primary N) is 1. The van der Waals surface area contributed by atoms with Crippen molar-refractivity contribution in [3.05, 3.63) is 0 Å². The Labute approximate surface area is 85.1 Å². The quantitative estimate of drug-likeness (QED) is 0.752. The lowest BCUT2D eigenvalue weighted by molar-refractivity contribution is -0.0151. The first kappa shape index (κ1) is 11.9. The summed E-state index contributed by atoms with van der Waals surface area (Å²) < 4.78 is 25.7. The Balaban J connectivity index is 2.36. The predicted octanol–water partition coefficient (Wildman–Crippen LogP) is 3.19. The molecule has 0 aliphatic heterocycles. The van der Waals surface area contributed by atoms with E-state index in [1.807, 2.05) is 0 Å². The van der Waals surface area contributed by atoms with Crippen molar-refractivity contribution in [2.75, 3.05) is 0 Å². The average molecular weight is 205 g/mol. The van der Waals surface area contributed by atoms with Crippen LogP contribution in [0.1, 0.15) is 46.0 Å². The zero-order valence-corrected chi connectivity index (χ0v) is 9.10. The molecule has 1 rings (SSSR count). The van der Waals surface area contributed by atoms with Crippen molar-refractivity contribution in [2.24, 2.45) is 17.6 Å². The van der Waals surface area contributed by atoms with Crippen molar-refractivity contribution in [1.29, 1.82) is 0 Å². The minimum Gasteiger partial charge on any atom is -0.323 e. The summed E-state index contributed by atoms with van der Waals surface area (Å²) in [6.45, 7) is 3.12. The summed E-state index contributed by atoms with van der Waals surface area (Å²) in [5.74, 6) is -1.62. The van der Waals surface area contributed by atoms with Gasteiger partial charge in [0.25, 0.3) is 5.92 Å². The zero-order valence-electron chi connectivity index (χ0n) is 9.10. The summed E-state index contributed by atoms with van der Waals surface area (Å²) in [6.07, 6.45) is 5.05. The van der Waals surface area contributed by atoms with Crippen molar-refractivity contribution in [2.45, 2.75) is 57.9 Å². The van der Waals surface area contributed by atoms with Gasteiger partial charge in [-0.05, 0) is 24.7 Å². The molecule has 1 saturated carbocycles. The Kier molecular flexibility index (Phi) is 3.87. The maximum atomic E-state index is 12.8. The fourth-order valence-electron chi connectivity index (χ4n) is 2.34. The minimum atomic E-state index is -2.72. The molecule has 0 bridgehead atoms. The molecule has 0 radical (unpaired) electrons. The molecule has 0 aromatic carbocycles. The molecule has 2 N–H and O–H groups in total. The van der Waals surface area contributed by atoms with Gasteiger partial charge in [0.2, 0.25) is 0 Å². The number of halogens is 2. The van der Waals surface area contributed by atoms with Gasteiger partial charge in [-0.1, -0.05) is 26.2 Å². The third kappa shape index (κ3) is 3.52. The minimum absolute atomic E-state index is 0.416. The van der Waals surface area contributed by atoms with E-state index < -0.39 is 12.0 Å². The number of hydrogen-bond acceptors (Lipinski definition) is 1. The van der Waals surface area contributed by atoms with E-state index in [1.54, 1.807) is 0 Å². The first-order valence-corrected chi connectivity index (χ1v) is 5.53. The molecular weight excluding hydrogens is 184 g/mol. The Hall–Kier alpha value is -0.180. The van der Waals surface area contributed by atoms with Crippen LogP contribution in [0, 0.1) is 11.8 Å². The molecule has 84 valence electrons. The van der Waals surface area contributed by atoms with Crippen molar-refractivity contribution >= 4 is 0 Å². The SMILES string of the molecule is CC1CCCC(CC(N)C(C)(F)F)C1. The van der Waals surface area contributed by atoms with Gasteiger partial charge >= 0.3 is 0 Å². The summed E-state index contributed by atoms with van der Waals surface area (Å²) in [5.41, 5.74) is 5.48. The first-order valence-electron chi connectivity index (χ1n) is 5.53. The van der Waals surface area contributed by atoms with E-state index in [4.69, 9.17) is 5.73 Å². The fourth-order valence-corrected chi connectivity index (χ4v) is 2.34. The highest BCUT2D eigenvalue weighted by atomic mass is 19.3. The maximum Gasteiger partial charge on any atom is 0.260 e. The van der Waals surface area contributed by atoms with Crippen LogP contribution in [0.2, 0.25) is 0 Å². The van der Waals surface area contributed by atoms with E-state index in [9.17, 15) is 8.78 Å². The summed E-state index contributed by atoms with van der Waals surface area (Å²) in [5, 5.41) is 0. The molecule has 1 aliphatic rings. The lowest BCUT2D eigenvalue weighted by atomic mass is 9.79. The van der Waals surface area contributed by atoms with Crippen molar-refractivity contribution in [3.63, 3.8) is 0 Å². The van der Waals surface area contributed by atoms with E-state index >= 15 is 0 Å². The lowest BCUT2D eigenvalue weighted by Crippen LogP contribution is -2.40. The normalized spacial score (nSPS) is 31.5. The molecular formula is C11H21F2N. The summed E-state index contributed by atoms with van der Waals surface area (Å²) in [6, 6.07) is -0.960. The lowest BCUT2D eigenvalue weighted by Gasteiger charge is -2.30. The second kappa shape index (κ2) is 4.56. The molecule has 0 spiro atoms. The molecule has 1 fully saturated rings. The van der Waals surface area contributed by atoms with Gasteiger partial charge in [-0.25, -0.2) is 8.78 Å². The van der Waals surface area contributed by atoms with E-state index in [0.29, 0.717) is 18.3 Å². The van der Waals surface area contributed by atoms with Gasteiger partial charge in [0.05, 0.1) is 6.04 Å². The van der Waals surface area contributed by atoms with E-state index in [0.717, 1.165) is 19.8 Å². The van der Waals surface area contributed by atoms with Gasteiger partial charge in [-0.2, -0.15) is 0 Å². The van der Waals surface area contributed by atoms with Crippen molar-refractivity contribution < 1.29 is 8.78 Å². The summed E-state index contributed by atoms with van der Waals surface area (Å²) in [7, 11) is 0. The Morgan fingerprint density at radius 3 is 2.57 bits per heavy atom. The molecule has 3 heteroatoms. The largest absolute Gasteiger partial charge is 0.323 e. The number of alkyl halides is 2. The van der Waals surface area contributed by atoms with Gasteiger partial charge in [0, 0.05) is 6.92 Å². The second-order valence-corrected chi connectivity index (χ2v) is 4.94. The third-order valence-electron chi connectivity index (χ3n) is 3.28. The van der Waals surface area contributed by atoms with Crippen LogP contribution in [-0.2, 0) is 0 Å². The number of rotatable bonds is 3. The standard InChI is InChI=1S/C11H21F2N/c1-8-4-3-5-9(6-8)7-10(14)11(2,12)13/h8-10H,3-7,14H2,1-2H3. The molecule has 1 aliphatic carbocycles. The van der Waals surface area contributed by atoms with Gasteiger partial charge < -0.3 is 5.73 Å². The molecule has 0 aromatic heterocycles. The van der Waals surface area contributed by atoms with Crippen LogP contribution in [0.15, 0.2) is 0 Å². The Morgan fingerprint density at radius 2 is 2.07 bits per heavy atom. The van der Waals surface area contributed by atoms with E-state index in [2.05, 4.69) is 6.92 Å². The van der Waals surface area contributed by atoms with E-state index in [-0.39, 0.29) is 0 Å². The van der Waals surface area contributed by atoms with Gasteiger partial charge in [0.1, 0.15) is 0 Å². The highest BCUT2D eigenvalue weighted by molar-refractivity contribution is 4.81. The first-order chi connectivity index (χ1) is 6.39. The van der Waals surface area contributed by atoms with Crippen LogP contribution in [-0.4, -0.2) is 12.0 Å². The van der Waals surface area contributed by atoms with Gasteiger partial charge in [-0.15, -0.1) is 0 Å². The fraction of sp³-hybridized carbons (Fsp3) is 1.00. The van der Waals surface area contributed by atoms with Crippen LogP contribution < -0.4 is 5.73 Å². The summed E-state index contributed by atoms with van der Waals surface area (Å²) in [4.78, 5) is 0. The third-order valence-corrected chi connectivity index (χ3v) is 3.28. The smallest absolute Gasteiger partial charge is 0.260 e. The molecule has 0 heterocycles. The highest BCUT2D eigenvalue weighted by Gasteiger charge is 2.33.